The molecule has 0 aliphatic carbocycles. The zero-order valence-electron chi connectivity index (χ0n) is 53.8. The normalized spacial score (nSPS) is 10.8. The van der Waals surface area contributed by atoms with Gasteiger partial charge < -0.3 is 0 Å². The standard InChI is InChI=1S/4C21H21P.Pd/c4*1-16-10-4-7-13-19(16)22(20-14-8-5-11-17(20)2)21-15-9-6-12-18(21)3;/h4*4-15H,1-3H3;. The molecule has 0 saturated carbocycles. The van der Waals surface area contributed by atoms with Crippen molar-refractivity contribution in [3.05, 3.63) is 358 Å². The van der Waals surface area contributed by atoms with Crippen molar-refractivity contribution in [2.45, 2.75) is 83.1 Å². The van der Waals surface area contributed by atoms with Crippen LogP contribution in [0.1, 0.15) is 66.8 Å². The molecule has 12 rings (SSSR count). The molecule has 89 heavy (non-hydrogen) atoms. The van der Waals surface area contributed by atoms with Gasteiger partial charge in [-0.05, 0) is 245 Å². The second kappa shape index (κ2) is 33.2. The molecule has 0 atom stereocenters. The minimum atomic E-state index is -0.508. The summed E-state index contributed by atoms with van der Waals surface area (Å²) in [5.74, 6) is 0. The molecule has 0 aromatic heterocycles. The van der Waals surface area contributed by atoms with Crippen LogP contribution in [0.3, 0.4) is 0 Å². The largest absolute Gasteiger partial charge is 0.0620 e. The molecule has 5 heteroatoms. The molecule has 0 aliphatic rings. The molecule has 0 radical (unpaired) electrons. The van der Waals surface area contributed by atoms with E-state index in [4.69, 9.17) is 0 Å². The Morgan fingerprint density at radius 1 is 0.124 bits per heavy atom. The number of benzene rings is 12. The van der Waals surface area contributed by atoms with Gasteiger partial charge in [0.2, 0.25) is 0 Å². The fraction of sp³-hybridized carbons (Fsp3) is 0.143. The summed E-state index contributed by atoms with van der Waals surface area (Å²) in [6.45, 7) is 26.7. The third-order valence-electron chi connectivity index (χ3n) is 16.3. The van der Waals surface area contributed by atoms with Gasteiger partial charge in [-0.25, -0.2) is 0 Å². The first kappa shape index (κ1) is 67.9. The van der Waals surface area contributed by atoms with Crippen molar-refractivity contribution in [1.29, 1.82) is 0 Å². The summed E-state index contributed by atoms with van der Waals surface area (Å²) in [7, 11) is -2.03. The molecule has 0 amide bonds. The van der Waals surface area contributed by atoms with Crippen molar-refractivity contribution >= 4 is 95.3 Å². The van der Waals surface area contributed by atoms with Crippen molar-refractivity contribution in [2.75, 3.05) is 0 Å². The van der Waals surface area contributed by atoms with Crippen molar-refractivity contribution in [2.24, 2.45) is 0 Å². The Labute approximate surface area is 552 Å². The van der Waals surface area contributed by atoms with E-state index in [2.05, 4.69) is 374 Å². The van der Waals surface area contributed by atoms with E-state index in [1.165, 1.54) is 130 Å². The van der Waals surface area contributed by atoms with Gasteiger partial charge in [-0.2, -0.15) is 0 Å². The van der Waals surface area contributed by atoms with E-state index in [-0.39, 0.29) is 20.4 Å². The quantitative estimate of drug-likeness (QED) is 0.0845. The van der Waals surface area contributed by atoms with E-state index >= 15 is 0 Å². The molecule has 0 fully saturated rings. The van der Waals surface area contributed by atoms with Gasteiger partial charge in [0, 0.05) is 20.4 Å². The molecule has 0 nitrogen and oxygen atoms in total. The number of hydrogen-bond donors (Lipinski definition) is 0. The Hall–Kier alpha value is -6.98. The predicted molar refractivity (Wildman–Crippen MR) is 397 cm³/mol. The average Bonchev–Trinajstić information content (AvgIpc) is 2.73. The Bertz CT molecular complexity index is 3280. The molecule has 0 unspecified atom stereocenters. The van der Waals surface area contributed by atoms with E-state index in [0.717, 1.165) is 0 Å². The Balaban J connectivity index is 0.000000153. The number of rotatable bonds is 12. The first-order valence-electron chi connectivity index (χ1n) is 30.6. The second-order valence-corrected chi connectivity index (χ2v) is 31.2. The van der Waals surface area contributed by atoms with Gasteiger partial charge in [-0.15, -0.1) is 0 Å². The fourth-order valence-electron chi connectivity index (χ4n) is 11.3. The number of aryl methyl sites for hydroxylation is 12. The summed E-state index contributed by atoms with van der Waals surface area (Å²) in [6.07, 6.45) is 0. The molecule has 0 saturated heterocycles. The predicted octanol–water partition coefficient (Wildman–Crippen LogP) is 17.5. The Morgan fingerprint density at radius 3 is 0.258 bits per heavy atom. The molecule has 0 spiro atoms. The van der Waals surface area contributed by atoms with E-state index in [1.807, 2.05) is 0 Å². The SMILES string of the molecule is Cc1ccccc1P(c1ccccc1C)c1ccccc1C.Cc1ccccc1P(c1ccccc1C)c1ccccc1C.Cc1ccccc1P(c1ccccc1C)c1ccccc1C.Cc1ccccc1P(c1ccccc1C)c1ccccc1C.[Pd]. The molecular weight excluding hydrogens is 1240 g/mol. The molecular formula is C84H84P4Pd. The summed E-state index contributed by atoms with van der Waals surface area (Å²) >= 11 is 0. The van der Waals surface area contributed by atoms with E-state index < -0.39 is 31.7 Å². The van der Waals surface area contributed by atoms with Crippen molar-refractivity contribution in [3.8, 4) is 0 Å². The van der Waals surface area contributed by atoms with Crippen LogP contribution in [0.2, 0.25) is 0 Å². The van der Waals surface area contributed by atoms with E-state index in [9.17, 15) is 0 Å². The summed E-state index contributed by atoms with van der Waals surface area (Å²) in [5, 5.41) is 17.5. The minimum absolute atomic E-state index is 0. The van der Waals surface area contributed by atoms with Crippen LogP contribution in [0.4, 0.5) is 0 Å². The summed E-state index contributed by atoms with van der Waals surface area (Å²) in [6, 6.07) is 106. The summed E-state index contributed by atoms with van der Waals surface area (Å²) in [4.78, 5) is 0. The van der Waals surface area contributed by atoms with Gasteiger partial charge in [0.25, 0.3) is 0 Å². The van der Waals surface area contributed by atoms with Crippen molar-refractivity contribution in [1.82, 2.24) is 0 Å². The van der Waals surface area contributed by atoms with Gasteiger partial charge >= 0.3 is 0 Å². The third kappa shape index (κ3) is 16.9. The van der Waals surface area contributed by atoms with Crippen LogP contribution in [0.25, 0.3) is 0 Å². The van der Waals surface area contributed by atoms with E-state index in [0.29, 0.717) is 0 Å². The first-order valence-corrected chi connectivity index (χ1v) is 36.0. The fourth-order valence-corrected chi connectivity index (χ4v) is 22.4. The zero-order chi connectivity index (χ0) is 62.1. The Kier molecular flexibility index (Phi) is 25.3. The van der Waals surface area contributed by atoms with Crippen LogP contribution >= 0.6 is 31.7 Å². The monoisotopic (exact) mass is 1320 g/mol. The average molecular weight is 1320 g/mol. The molecule has 12 aromatic carbocycles. The van der Waals surface area contributed by atoms with Gasteiger partial charge in [-0.3, -0.25) is 0 Å². The minimum Gasteiger partial charge on any atom is -0.0620 e. The molecule has 0 N–H and O–H groups in total. The van der Waals surface area contributed by atoms with Crippen LogP contribution in [0.5, 0.6) is 0 Å². The van der Waals surface area contributed by atoms with Crippen LogP contribution in [-0.4, -0.2) is 0 Å². The van der Waals surface area contributed by atoms with Gasteiger partial charge in [0.15, 0.2) is 0 Å². The van der Waals surface area contributed by atoms with Gasteiger partial charge in [0.1, 0.15) is 0 Å². The molecule has 12 aromatic rings. The maximum absolute atomic E-state index is 2.29. The van der Waals surface area contributed by atoms with Gasteiger partial charge in [0.05, 0.1) is 0 Å². The first-order chi connectivity index (χ1) is 42.7. The molecule has 450 valence electrons. The van der Waals surface area contributed by atoms with Crippen LogP contribution in [0.15, 0.2) is 291 Å². The van der Waals surface area contributed by atoms with Crippen LogP contribution < -0.4 is 63.7 Å². The number of hydrogen-bond acceptors (Lipinski definition) is 0. The van der Waals surface area contributed by atoms with Crippen molar-refractivity contribution < 1.29 is 20.4 Å². The van der Waals surface area contributed by atoms with Crippen LogP contribution in [-0.2, 0) is 20.4 Å². The topological polar surface area (TPSA) is 0 Å². The van der Waals surface area contributed by atoms with E-state index in [1.54, 1.807) is 0 Å². The summed E-state index contributed by atoms with van der Waals surface area (Å²) in [5.41, 5.74) is 16.5. The third-order valence-corrected chi connectivity index (χ3v) is 28.1. The molecule has 0 bridgehead atoms. The van der Waals surface area contributed by atoms with Crippen molar-refractivity contribution in [3.63, 3.8) is 0 Å². The van der Waals surface area contributed by atoms with Crippen LogP contribution in [0, 0.1) is 83.1 Å². The smallest absolute Gasteiger partial charge is 0 e. The second-order valence-electron chi connectivity index (χ2n) is 22.8. The Morgan fingerprint density at radius 2 is 0.191 bits per heavy atom. The van der Waals surface area contributed by atoms with Gasteiger partial charge in [-0.1, -0.05) is 291 Å². The maximum atomic E-state index is 2.29. The molecule has 0 aliphatic heterocycles. The zero-order valence-corrected chi connectivity index (χ0v) is 59.0. The summed E-state index contributed by atoms with van der Waals surface area (Å²) < 4.78 is 0. The maximum Gasteiger partial charge on any atom is 0 e. The molecule has 0 heterocycles.